The van der Waals surface area contributed by atoms with Crippen LogP contribution in [0.4, 0.5) is 4.39 Å². The molecule has 1 N–H and O–H groups in total. The molecule has 0 aliphatic carbocycles. The first-order valence-corrected chi connectivity index (χ1v) is 5.70. The van der Waals surface area contributed by atoms with Gasteiger partial charge in [0.1, 0.15) is 5.82 Å². The number of alkyl halides is 1. The van der Waals surface area contributed by atoms with Gasteiger partial charge < -0.3 is 5.32 Å². The van der Waals surface area contributed by atoms with Crippen molar-refractivity contribution in [1.29, 1.82) is 0 Å². The summed E-state index contributed by atoms with van der Waals surface area (Å²) in [6, 6.07) is 4.27. The maximum Gasteiger partial charge on any atom is 0.251 e. The molecule has 1 atom stereocenters. The van der Waals surface area contributed by atoms with Gasteiger partial charge in [-0.25, -0.2) is 4.39 Å². The van der Waals surface area contributed by atoms with Crippen molar-refractivity contribution in [3.63, 3.8) is 0 Å². The lowest BCUT2D eigenvalue weighted by Crippen LogP contribution is -2.32. The van der Waals surface area contributed by atoms with E-state index in [0.29, 0.717) is 17.9 Å². The predicted molar refractivity (Wildman–Crippen MR) is 63.4 cm³/mol. The smallest absolute Gasteiger partial charge is 0.251 e. The van der Waals surface area contributed by atoms with Crippen molar-refractivity contribution in [2.24, 2.45) is 0 Å². The van der Waals surface area contributed by atoms with E-state index in [0.717, 1.165) is 5.56 Å². The van der Waals surface area contributed by atoms with E-state index in [4.69, 9.17) is 11.6 Å². The summed E-state index contributed by atoms with van der Waals surface area (Å²) in [6.07, 6.45) is 0.696. The van der Waals surface area contributed by atoms with Gasteiger partial charge in [-0.2, -0.15) is 0 Å². The van der Waals surface area contributed by atoms with Crippen LogP contribution in [0.25, 0.3) is 0 Å². The zero-order valence-corrected chi connectivity index (χ0v) is 10.1. The largest absolute Gasteiger partial charge is 0.350 e. The quantitative estimate of drug-likeness (QED) is 0.810. The Morgan fingerprint density at radius 2 is 2.19 bits per heavy atom. The fourth-order valence-corrected chi connectivity index (χ4v) is 1.74. The van der Waals surface area contributed by atoms with Crippen molar-refractivity contribution in [3.8, 4) is 0 Å². The van der Waals surface area contributed by atoms with Crippen LogP contribution in [0.5, 0.6) is 0 Å². The molecule has 16 heavy (non-hydrogen) atoms. The Morgan fingerprint density at radius 1 is 1.50 bits per heavy atom. The molecule has 1 amide bonds. The highest BCUT2D eigenvalue weighted by Crippen LogP contribution is 2.08. The first-order valence-electron chi connectivity index (χ1n) is 5.17. The van der Waals surface area contributed by atoms with Crippen molar-refractivity contribution in [2.45, 2.75) is 26.3 Å². The van der Waals surface area contributed by atoms with E-state index >= 15 is 0 Å². The molecular weight excluding hydrogens is 229 g/mol. The number of nitrogens with one attached hydrogen (secondary N) is 1. The first kappa shape index (κ1) is 13.0. The number of halogens is 2. The Balaban J connectivity index is 2.72. The van der Waals surface area contributed by atoms with Gasteiger partial charge in [-0.15, -0.1) is 11.6 Å². The highest BCUT2D eigenvalue weighted by molar-refractivity contribution is 6.17. The van der Waals surface area contributed by atoms with Gasteiger partial charge in [-0.05, 0) is 44.0 Å². The molecule has 1 rings (SSSR count). The van der Waals surface area contributed by atoms with E-state index in [1.165, 1.54) is 12.1 Å². The van der Waals surface area contributed by atoms with Gasteiger partial charge in [0.25, 0.3) is 5.91 Å². The van der Waals surface area contributed by atoms with E-state index in [1.807, 2.05) is 6.92 Å². The fourth-order valence-electron chi connectivity index (χ4n) is 1.41. The molecule has 0 aliphatic rings. The molecule has 4 heteroatoms. The molecule has 0 spiro atoms. The molecule has 88 valence electrons. The monoisotopic (exact) mass is 243 g/mol. The van der Waals surface area contributed by atoms with Crippen LogP contribution in [-0.4, -0.2) is 17.8 Å². The van der Waals surface area contributed by atoms with Crippen molar-refractivity contribution < 1.29 is 9.18 Å². The highest BCUT2D eigenvalue weighted by Gasteiger charge is 2.10. The van der Waals surface area contributed by atoms with Gasteiger partial charge in [0.05, 0.1) is 0 Å². The third-order valence-corrected chi connectivity index (χ3v) is 2.44. The molecule has 1 aromatic carbocycles. The van der Waals surface area contributed by atoms with Crippen molar-refractivity contribution in [3.05, 3.63) is 35.1 Å². The Bertz CT molecular complexity index is 361. The second-order valence-corrected chi connectivity index (χ2v) is 4.25. The summed E-state index contributed by atoms with van der Waals surface area (Å²) in [5.41, 5.74) is 1.08. The van der Waals surface area contributed by atoms with Crippen LogP contribution < -0.4 is 5.32 Å². The second kappa shape index (κ2) is 5.85. The lowest BCUT2D eigenvalue weighted by atomic mass is 10.1. The van der Waals surface area contributed by atoms with Gasteiger partial charge in [0, 0.05) is 17.5 Å². The lowest BCUT2D eigenvalue weighted by molar-refractivity contribution is 0.0939. The summed E-state index contributed by atoms with van der Waals surface area (Å²) in [5.74, 6) is -0.167. The standard InChI is InChI=1S/C12H15ClFNO/c1-8-5-10(7-11(14)6-8)12(16)15-9(2)3-4-13/h5-7,9H,3-4H2,1-2H3,(H,15,16). The zero-order valence-electron chi connectivity index (χ0n) is 9.39. The Hall–Kier alpha value is -1.09. The molecule has 0 saturated carbocycles. The van der Waals surface area contributed by atoms with Crippen LogP contribution in [-0.2, 0) is 0 Å². The normalized spacial score (nSPS) is 12.2. The van der Waals surface area contributed by atoms with Gasteiger partial charge in [-0.1, -0.05) is 0 Å². The van der Waals surface area contributed by atoms with E-state index in [-0.39, 0.29) is 11.9 Å². The SMILES string of the molecule is Cc1cc(F)cc(C(=O)NC(C)CCCl)c1. The van der Waals surface area contributed by atoms with E-state index < -0.39 is 5.82 Å². The third-order valence-electron chi connectivity index (χ3n) is 2.22. The summed E-state index contributed by atoms with van der Waals surface area (Å²) in [4.78, 5) is 11.7. The average molecular weight is 244 g/mol. The number of amides is 1. The van der Waals surface area contributed by atoms with Crippen LogP contribution >= 0.6 is 11.6 Å². The fraction of sp³-hybridized carbons (Fsp3) is 0.417. The number of hydrogen-bond donors (Lipinski definition) is 1. The zero-order chi connectivity index (χ0) is 12.1. The van der Waals surface area contributed by atoms with Crippen LogP contribution in [0.2, 0.25) is 0 Å². The van der Waals surface area contributed by atoms with Gasteiger partial charge in [0.15, 0.2) is 0 Å². The van der Waals surface area contributed by atoms with E-state index in [1.54, 1.807) is 13.0 Å². The van der Waals surface area contributed by atoms with Crippen LogP contribution in [0.1, 0.15) is 29.3 Å². The van der Waals surface area contributed by atoms with E-state index in [2.05, 4.69) is 5.32 Å². The first-order chi connectivity index (χ1) is 7.52. The van der Waals surface area contributed by atoms with Gasteiger partial charge in [0.2, 0.25) is 0 Å². The Labute approximate surface area is 99.8 Å². The summed E-state index contributed by atoms with van der Waals surface area (Å²) < 4.78 is 13.1. The topological polar surface area (TPSA) is 29.1 Å². The maximum absolute atomic E-state index is 13.1. The number of benzene rings is 1. The summed E-state index contributed by atoms with van der Waals surface area (Å²) in [6.45, 7) is 3.62. The number of carbonyl (C=O) groups excluding carboxylic acids is 1. The maximum atomic E-state index is 13.1. The Morgan fingerprint density at radius 3 is 2.75 bits per heavy atom. The van der Waals surface area contributed by atoms with Crippen LogP contribution in [0, 0.1) is 12.7 Å². The number of hydrogen-bond acceptors (Lipinski definition) is 1. The highest BCUT2D eigenvalue weighted by atomic mass is 35.5. The van der Waals surface area contributed by atoms with Crippen LogP contribution in [0.15, 0.2) is 18.2 Å². The van der Waals surface area contributed by atoms with Crippen molar-refractivity contribution >= 4 is 17.5 Å². The summed E-state index contributed by atoms with van der Waals surface area (Å²) >= 11 is 5.57. The minimum atomic E-state index is -0.393. The van der Waals surface area contributed by atoms with Crippen molar-refractivity contribution in [2.75, 3.05) is 5.88 Å². The third kappa shape index (κ3) is 3.81. The molecule has 0 aliphatic heterocycles. The summed E-state index contributed by atoms with van der Waals surface area (Å²) in [5, 5.41) is 2.76. The molecule has 0 saturated heterocycles. The number of rotatable bonds is 4. The molecular formula is C12H15ClFNO. The van der Waals surface area contributed by atoms with Crippen LogP contribution in [0.3, 0.4) is 0 Å². The van der Waals surface area contributed by atoms with Gasteiger partial charge >= 0.3 is 0 Å². The molecule has 1 unspecified atom stereocenters. The number of aryl methyl sites for hydroxylation is 1. The van der Waals surface area contributed by atoms with Gasteiger partial charge in [-0.3, -0.25) is 4.79 Å². The predicted octanol–water partition coefficient (Wildman–Crippen LogP) is 2.88. The Kier molecular flexibility index (Phi) is 4.74. The van der Waals surface area contributed by atoms with E-state index in [9.17, 15) is 9.18 Å². The molecule has 1 aromatic rings. The minimum absolute atomic E-state index is 0.00595. The molecule has 0 bridgehead atoms. The summed E-state index contributed by atoms with van der Waals surface area (Å²) in [7, 11) is 0. The number of carbonyl (C=O) groups is 1. The molecule has 2 nitrogen and oxygen atoms in total. The second-order valence-electron chi connectivity index (χ2n) is 3.87. The molecule has 0 aromatic heterocycles. The average Bonchev–Trinajstić information content (AvgIpc) is 2.16. The van der Waals surface area contributed by atoms with Crippen molar-refractivity contribution in [1.82, 2.24) is 5.32 Å². The lowest BCUT2D eigenvalue weighted by Gasteiger charge is -2.12. The minimum Gasteiger partial charge on any atom is -0.350 e. The molecule has 0 radical (unpaired) electrons. The molecule has 0 fully saturated rings. The molecule has 0 heterocycles.